The molecule has 1 aromatic heterocycles. The van der Waals surface area contributed by atoms with Gasteiger partial charge in [-0.1, -0.05) is 29.1 Å². The molecule has 3 rings (SSSR count). The topological polar surface area (TPSA) is 94.7 Å². The van der Waals surface area contributed by atoms with E-state index in [0.29, 0.717) is 28.5 Å². The highest BCUT2D eigenvalue weighted by Gasteiger charge is 2.18. The predicted octanol–water partition coefficient (Wildman–Crippen LogP) is 5.67. The lowest BCUT2D eigenvalue weighted by atomic mass is 10.2. The molecule has 0 saturated heterocycles. The molecule has 3 aromatic rings. The van der Waals surface area contributed by atoms with Crippen LogP contribution in [0.15, 0.2) is 50.9 Å². The summed E-state index contributed by atoms with van der Waals surface area (Å²) in [6.45, 7) is 2.16. The number of aromatic nitrogens is 2. The van der Waals surface area contributed by atoms with Gasteiger partial charge in [0.15, 0.2) is 11.5 Å². The summed E-state index contributed by atoms with van der Waals surface area (Å²) in [5, 5.41) is 18.4. The quantitative estimate of drug-likeness (QED) is 0.232. The second kappa shape index (κ2) is 11.0. The minimum absolute atomic E-state index is 0.0122. The molecule has 0 atom stereocenters. The van der Waals surface area contributed by atoms with E-state index < -0.39 is 5.97 Å². The maximum Gasteiger partial charge on any atom is 0.342 e. The van der Waals surface area contributed by atoms with E-state index in [1.165, 1.54) is 6.08 Å². The third kappa shape index (κ3) is 5.98. The summed E-state index contributed by atoms with van der Waals surface area (Å²) in [5.74, 6) is 2.06. The van der Waals surface area contributed by atoms with Gasteiger partial charge in [0.1, 0.15) is 11.5 Å². The van der Waals surface area contributed by atoms with Crippen molar-refractivity contribution in [3.05, 3.63) is 56.9 Å². The van der Waals surface area contributed by atoms with Gasteiger partial charge >= 0.3 is 5.97 Å². The highest BCUT2D eigenvalue weighted by atomic mass is 35.5. The maximum absolute atomic E-state index is 11.8. The molecule has 1 N–H and O–H groups in total. The lowest BCUT2D eigenvalue weighted by Crippen LogP contribution is -2.01. The molecule has 0 aliphatic carbocycles. The summed E-state index contributed by atoms with van der Waals surface area (Å²) in [4.78, 5) is 11.8. The average molecular weight is 491 g/mol. The van der Waals surface area contributed by atoms with Crippen molar-refractivity contribution in [2.24, 2.45) is 0 Å². The summed E-state index contributed by atoms with van der Waals surface area (Å²) in [6, 6.07) is 9.98. The Balaban J connectivity index is 1.89. The van der Waals surface area contributed by atoms with Gasteiger partial charge in [0.05, 0.1) is 11.6 Å². The Morgan fingerprint density at radius 1 is 1.25 bits per heavy atom. The Hall–Kier alpha value is -3.12. The van der Waals surface area contributed by atoms with Crippen LogP contribution in [0.3, 0.4) is 0 Å². The molecular formula is C22H16Cl2N2O5S. The van der Waals surface area contributed by atoms with Crippen LogP contribution in [-0.2, 0) is 4.79 Å². The van der Waals surface area contributed by atoms with Crippen molar-refractivity contribution >= 4 is 47.0 Å². The standard InChI is InChI=1S/C22H16Cl2N2O5S/c1-3-9-30-19-16(24)10-13(11-17(19)29-4-2)12-18(21(27)28)32-22-26-25-20(31-22)14-5-7-15(23)8-6-14/h1,5-8,10-12H,4,9H2,2H3,(H,27,28)/b18-12-. The Morgan fingerprint density at radius 2 is 2.00 bits per heavy atom. The van der Waals surface area contributed by atoms with Crippen molar-refractivity contribution in [1.82, 2.24) is 10.2 Å². The van der Waals surface area contributed by atoms with Crippen LogP contribution in [-0.4, -0.2) is 34.5 Å². The lowest BCUT2D eigenvalue weighted by Gasteiger charge is -2.13. The second-order valence-electron chi connectivity index (χ2n) is 6.05. The number of hydrogen-bond donors (Lipinski definition) is 1. The van der Waals surface area contributed by atoms with Crippen LogP contribution in [0, 0.1) is 12.3 Å². The predicted molar refractivity (Wildman–Crippen MR) is 123 cm³/mol. The van der Waals surface area contributed by atoms with Gasteiger partial charge in [0.2, 0.25) is 5.89 Å². The first-order valence-corrected chi connectivity index (χ1v) is 10.7. The molecular weight excluding hydrogens is 475 g/mol. The second-order valence-corrected chi connectivity index (χ2v) is 7.89. The molecule has 32 heavy (non-hydrogen) atoms. The van der Waals surface area contributed by atoms with E-state index in [-0.39, 0.29) is 33.4 Å². The van der Waals surface area contributed by atoms with Crippen molar-refractivity contribution in [2.45, 2.75) is 12.1 Å². The zero-order valence-electron chi connectivity index (χ0n) is 16.7. The van der Waals surface area contributed by atoms with Crippen LogP contribution in [0.1, 0.15) is 12.5 Å². The van der Waals surface area contributed by atoms with Crippen molar-refractivity contribution in [1.29, 1.82) is 0 Å². The molecule has 10 heteroatoms. The van der Waals surface area contributed by atoms with Gasteiger partial charge in [-0.15, -0.1) is 16.6 Å². The number of aliphatic carboxylic acids is 1. The first kappa shape index (κ1) is 23.5. The Labute approximate surface area is 198 Å². The first-order chi connectivity index (χ1) is 15.4. The summed E-state index contributed by atoms with van der Waals surface area (Å²) in [6.07, 6.45) is 6.65. The number of terminal acetylenes is 1. The monoisotopic (exact) mass is 490 g/mol. The third-order valence-corrected chi connectivity index (χ3v) is 5.22. The van der Waals surface area contributed by atoms with Crippen molar-refractivity contribution < 1.29 is 23.8 Å². The fraction of sp³-hybridized carbons (Fsp3) is 0.136. The highest BCUT2D eigenvalue weighted by molar-refractivity contribution is 8.03. The van der Waals surface area contributed by atoms with Gasteiger partial charge in [0, 0.05) is 10.6 Å². The van der Waals surface area contributed by atoms with Gasteiger partial charge in [-0.3, -0.25) is 0 Å². The lowest BCUT2D eigenvalue weighted by molar-refractivity contribution is -0.131. The molecule has 0 amide bonds. The molecule has 0 aliphatic heterocycles. The summed E-state index contributed by atoms with van der Waals surface area (Å²) in [5.41, 5.74) is 1.14. The Morgan fingerprint density at radius 3 is 2.66 bits per heavy atom. The number of hydrogen-bond acceptors (Lipinski definition) is 7. The summed E-state index contributed by atoms with van der Waals surface area (Å²) < 4.78 is 16.6. The number of benzene rings is 2. The zero-order chi connectivity index (χ0) is 23.1. The third-order valence-electron chi connectivity index (χ3n) is 3.83. The number of carboxylic acids is 1. The normalized spacial score (nSPS) is 11.1. The smallest absolute Gasteiger partial charge is 0.342 e. The van der Waals surface area contributed by atoms with Crippen molar-refractivity contribution in [2.75, 3.05) is 13.2 Å². The minimum Gasteiger partial charge on any atom is -0.490 e. The van der Waals surface area contributed by atoms with Gasteiger partial charge in [-0.2, -0.15) is 0 Å². The molecule has 0 aliphatic rings. The van der Waals surface area contributed by atoms with Crippen LogP contribution in [0.4, 0.5) is 0 Å². The molecule has 0 fully saturated rings. The molecule has 0 spiro atoms. The van der Waals surface area contributed by atoms with Gasteiger partial charge in [-0.05, 0) is 66.7 Å². The molecule has 1 heterocycles. The molecule has 0 bridgehead atoms. The van der Waals surface area contributed by atoms with Crippen LogP contribution in [0.5, 0.6) is 11.5 Å². The fourth-order valence-electron chi connectivity index (χ4n) is 2.53. The van der Waals surface area contributed by atoms with Gasteiger partial charge in [-0.25, -0.2) is 4.79 Å². The van der Waals surface area contributed by atoms with Crippen LogP contribution in [0.2, 0.25) is 10.0 Å². The maximum atomic E-state index is 11.8. The van der Waals surface area contributed by atoms with Crippen LogP contribution >= 0.6 is 35.0 Å². The summed E-state index contributed by atoms with van der Waals surface area (Å²) in [7, 11) is 0. The largest absolute Gasteiger partial charge is 0.490 e. The molecule has 7 nitrogen and oxygen atoms in total. The summed E-state index contributed by atoms with van der Waals surface area (Å²) >= 11 is 13.0. The molecule has 0 radical (unpaired) electrons. The Kier molecular flexibility index (Phi) is 8.06. The van der Waals surface area contributed by atoms with E-state index in [1.54, 1.807) is 43.3 Å². The number of thioether (sulfide) groups is 1. The first-order valence-electron chi connectivity index (χ1n) is 9.16. The minimum atomic E-state index is -1.18. The molecule has 2 aromatic carbocycles. The number of carboxylic acid groups (broad SMARTS) is 1. The fourth-order valence-corrected chi connectivity index (χ4v) is 3.60. The highest BCUT2D eigenvalue weighted by Crippen LogP contribution is 2.38. The number of halogens is 2. The van der Waals surface area contributed by atoms with E-state index in [4.69, 9.17) is 43.5 Å². The molecule has 164 valence electrons. The van der Waals surface area contributed by atoms with Crippen LogP contribution < -0.4 is 9.47 Å². The number of nitrogens with zero attached hydrogens (tertiary/aromatic N) is 2. The van der Waals surface area contributed by atoms with Crippen molar-refractivity contribution in [3.63, 3.8) is 0 Å². The van der Waals surface area contributed by atoms with E-state index in [9.17, 15) is 9.90 Å². The average Bonchev–Trinajstić information content (AvgIpc) is 3.22. The SMILES string of the molecule is C#CCOc1c(Cl)cc(/C=C(\Sc2nnc(-c3ccc(Cl)cc3)o2)C(=O)O)cc1OCC. The van der Waals surface area contributed by atoms with E-state index in [0.717, 1.165) is 11.8 Å². The molecule has 0 unspecified atom stereocenters. The van der Waals surface area contributed by atoms with E-state index in [2.05, 4.69) is 16.1 Å². The number of ether oxygens (including phenoxy) is 2. The zero-order valence-corrected chi connectivity index (χ0v) is 19.0. The number of rotatable bonds is 9. The Bertz CT molecular complexity index is 1190. The van der Waals surface area contributed by atoms with Gasteiger partial charge < -0.3 is 19.0 Å². The number of carbonyl (C=O) groups is 1. The van der Waals surface area contributed by atoms with E-state index in [1.807, 2.05) is 0 Å². The van der Waals surface area contributed by atoms with Gasteiger partial charge in [0.25, 0.3) is 5.22 Å². The van der Waals surface area contributed by atoms with Crippen molar-refractivity contribution in [3.8, 4) is 35.3 Å². The van der Waals surface area contributed by atoms with E-state index >= 15 is 0 Å². The molecule has 0 saturated carbocycles. The van der Waals surface area contributed by atoms with Crippen LogP contribution in [0.25, 0.3) is 17.5 Å².